The first-order chi connectivity index (χ1) is 11.2. The molecular weight excluding hydrogens is 288 g/mol. The van der Waals surface area contributed by atoms with Crippen molar-refractivity contribution in [2.45, 2.75) is 13.8 Å². The van der Waals surface area contributed by atoms with Crippen molar-refractivity contribution in [2.24, 2.45) is 0 Å². The molecular formula is C18H16N4O. The van der Waals surface area contributed by atoms with Crippen molar-refractivity contribution in [3.05, 3.63) is 66.3 Å². The molecule has 114 valence electrons. The van der Waals surface area contributed by atoms with Crippen molar-refractivity contribution in [1.29, 1.82) is 0 Å². The van der Waals surface area contributed by atoms with Crippen molar-refractivity contribution in [2.75, 3.05) is 5.32 Å². The fourth-order valence-corrected chi connectivity index (χ4v) is 2.53. The number of nitrogens with zero attached hydrogens (tertiary/aromatic N) is 3. The molecule has 0 aliphatic rings. The molecule has 3 aromatic heterocycles. The summed E-state index contributed by atoms with van der Waals surface area (Å²) in [6.07, 6.45) is 5.37. The maximum atomic E-state index is 5.76. The van der Waals surface area contributed by atoms with Crippen LogP contribution < -0.4 is 5.32 Å². The number of furan rings is 1. The van der Waals surface area contributed by atoms with Crippen LogP contribution in [0.4, 0.5) is 11.5 Å². The third kappa shape index (κ3) is 2.46. The minimum atomic E-state index is 0.737. The minimum absolute atomic E-state index is 0.737. The summed E-state index contributed by atoms with van der Waals surface area (Å²) >= 11 is 0. The van der Waals surface area contributed by atoms with Crippen LogP contribution in [0.2, 0.25) is 0 Å². The van der Waals surface area contributed by atoms with Crippen LogP contribution in [0.5, 0.6) is 0 Å². The first-order valence-electron chi connectivity index (χ1n) is 7.43. The van der Waals surface area contributed by atoms with Gasteiger partial charge >= 0.3 is 0 Å². The largest absolute Gasteiger partial charge is 0.460 e. The van der Waals surface area contributed by atoms with E-state index in [1.165, 1.54) is 5.56 Å². The Morgan fingerprint density at radius 1 is 1.04 bits per heavy atom. The molecule has 0 amide bonds. The molecule has 0 aliphatic heterocycles. The van der Waals surface area contributed by atoms with Crippen LogP contribution in [0, 0.1) is 13.8 Å². The molecule has 5 nitrogen and oxygen atoms in total. The predicted molar refractivity (Wildman–Crippen MR) is 89.9 cm³/mol. The van der Waals surface area contributed by atoms with Gasteiger partial charge in [0.05, 0.1) is 6.20 Å². The summed E-state index contributed by atoms with van der Waals surface area (Å²) in [4.78, 5) is 8.80. The number of aromatic nitrogens is 3. The highest BCUT2D eigenvalue weighted by atomic mass is 16.3. The van der Waals surface area contributed by atoms with Crippen molar-refractivity contribution in [3.63, 3.8) is 0 Å². The Morgan fingerprint density at radius 3 is 2.61 bits per heavy atom. The number of hydrogen-bond donors (Lipinski definition) is 1. The van der Waals surface area contributed by atoms with E-state index < -0.39 is 0 Å². The van der Waals surface area contributed by atoms with Crippen LogP contribution in [0.3, 0.4) is 0 Å². The Bertz CT molecular complexity index is 966. The zero-order valence-corrected chi connectivity index (χ0v) is 12.9. The molecule has 23 heavy (non-hydrogen) atoms. The predicted octanol–water partition coefficient (Wildman–Crippen LogP) is 4.35. The Kier molecular flexibility index (Phi) is 3.12. The van der Waals surface area contributed by atoms with Crippen LogP contribution in [0.1, 0.15) is 11.3 Å². The molecule has 0 saturated carbocycles. The number of hydrogen-bond acceptors (Lipinski definition) is 4. The molecule has 0 spiro atoms. The summed E-state index contributed by atoms with van der Waals surface area (Å²) in [5.41, 5.74) is 3.76. The smallest absolute Gasteiger partial charge is 0.157 e. The second kappa shape index (κ2) is 5.28. The van der Waals surface area contributed by atoms with Crippen molar-refractivity contribution in [3.8, 4) is 11.5 Å². The number of anilines is 2. The lowest BCUT2D eigenvalue weighted by atomic mass is 10.2. The van der Waals surface area contributed by atoms with Crippen molar-refractivity contribution in [1.82, 2.24) is 14.4 Å². The third-order valence-electron chi connectivity index (χ3n) is 3.72. The van der Waals surface area contributed by atoms with Gasteiger partial charge in [-0.2, -0.15) is 0 Å². The number of benzene rings is 1. The molecule has 1 aromatic carbocycles. The van der Waals surface area contributed by atoms with Crippen LogP contribution in [-0.4, -0.2) is 14.4 Å². The fraction of sp³-hybridized carbons (Fsp3) is 0.111. The van der Waals surface area contributed by atoms with E-state index in [4.69, 9.17) is 4.42 Å². The van der Waals surface area contributed by atoms with Crippen LogP contribution in [0.25, 0.3) is 17.1 Å². The van der Waals surface area contributed by atoms with Gasteiger partial charge in [0.2, 0.25) is 0 Å². The van der Waals surface area contributed by atoms with E-state index in [0.717, 1.165) is 34.4 Å². The lowest BCUT2D eigenvalue weighted by Crippen LogP contribution is -1.96. The van der Waals surface area contributed by atoms with Gasteiger partial charge in [-0.3, -0.25) is 9.38 Å². The van der Waals surface area contributed by atoms with E-state index in [2.05, 4.69) is 34.3 Å². The molecule has 0 radical (unpaired) electrons. The van der Waals surface area contributed by atoms with Gasteiger partial charge in [0.25, 0.3) is 0 Å². The molecule has 0 aliphatic carbocycles. The van der Waals surface area contributed by atoms with Gasteiger partial charge in [0, 0.05) is 18.1 Å². The molecule has 0 fully saturated rings. The Balaban J connectivity index is 1.87. The van der Waals surface area contributed by atoms with Gasteiger partial charge in [0.1, 0.15) is 17.3 Å². The molecule has 5 heteroatoms. The van der Waals surface area contributed by atoms with Gasteiger partial charge < -0.3 is 9.73 Å². The second-order valence-corrected chi connectivity index (χ2v) is 5.51. The lowest BCUT2D eigenvalue weighted by Gasteiger charge is -2.08. The summed E-state index contributed by atoms with van der Waals surface area (Å²) in [6.45, 7) is 3.99. The number of rotatable bonds is 3. The summed E-state index contributed by atoms with van der Waals surface area (Å²) < 4.78 is 7.73. The van der Waals surface area contributed by atoms with E-state index in [9.17, 15) is 0 Å². The zero-order chi connectivity index (χ0) is 15.8. The average Bonchev–Trinajstić information content (AvgIpc) is 3.14. The molecule has 3 heterocycles. The molecule has 1 N–H and O–H groups in total. The number of nitrogens with one attached hydrogen (secondary N) is 1. The lowest BCUT2D eigenvalue weighted by molar-refractivity contribution is 0.547. The Hall–Kier alpha value is -3.08. The maximum absolute atomic E-state index is 5.76. The van der Waals surface area contributed by atoms with Crippen LogP contribution in [0.15, 0.2) is 59.4 Å². The monoisotopic (exact) mass is 304 g/mol. The second-order valence-electron chi connectivity index (χ2n) is 5.51. The van der Waals surface area contributed by atoms with Gasteiger partial charge in [-0.05, 0) is 38.1 Å². The topological polar surface area (TPSA) is 55.4 Å². The highest BCUT2D eigenvalue weighted by molar-refractivity contribution is 5.77. The first-order valence-corrected chi connectivity index (χ1v) is 7.43. The van der Waals surface area contributed by atoms with E-state index in [1.807, 2.05) is 41.8 Å². The van der Waals surface area contributed by atoms with Crippen LogP contribution in [-0.2, 0) is 0 Å². The number of fused-ring (bicyclic) bond motifs is 1. The minimum Gasteiger partial charge on any atom is -0.460 e. The molecule has 0 saturated heterocycles. The third-order valence-corrected chi connectivity index (χ3v) is 3.72. The molecule has 0 atom stereocenters. The van der Waals surface area contributed by atoms with E-state index >= 15 is 0 Å². The number of aryl methyl sites for hydroxylation is 2. The summed E-state index contributed by atoms with van der Waals surface area (Å²) in [7, 11) is 0. The van der Waals surface area contributed by atoms with Gasteiger partial charge in [0.15, 0.2) is 11.4 Å². The van der Waals surface area contributed by atoms with Gasteiger partial charge in [-0.15, -0.1) is 0 Å². The van der Waals surface area contributed by atoms with Crippen molar-refractivity contribution >= 4 is 17.2 Å². The highest BCUT2D eigenvalue weighted by Crippen LogP contribution is 2.31. The van der Waals surface area contributed by atoms with E-state index in [1.54, 1.807) is 12.4 Å². The number of imidazole rings is 1. The van der Waals surface area contributed by atoms with E-state index in [0.29, 0.717) is 0 Å². The SMILES string of the molecule is Cc1ccc(Nc2c(-c3ccc(C)o3)nc3cnccn23)cc1. The zero-order valence-electron chi connectivity index (χ0n) is 12.9. The Morgan fingerprint density at radius 2 is 1.87 bits per heavy atom. The Labute approximate surface area is 133 Å². The van der Waals surface area contributed by atoms with Gasteiger partial charge in [-0.1, -0.05) is 17.7 Å². The fourth-order valence-electron chi connectivity index (χ4n) is 2.53. The average molecular weight is 304 g/mol. The first kappa shape index (κ1) is 13.6. The summed E-state index contributed by atoms with van der Waals surface area (Å²) in [6, 6.07) is 12.1. The quantitative estimate of drug-likeness (QED) is 0.611. The normalized spacial score (nSPS) is 11.0. The standard InChI is InChI=1S/C18H16N4O/c1-12-3-6-14(7-4-12)20-18-17(15-8-5-13(2)23-15)21-16-11-19-9-10-22(16)18/h3-11,20H,1-2H3. The molecule has 0 bridgehead atoms. The van der Waals surface area contributed by atoms with Crippen molar-refractivity contribution < 1.29 is 4.42 Å². The molecule has 4 aromatic rings. The summed E-state index contributed by atoms with van der Waals surface area (Å²) in [5.74, 6) is 2.46. The van der Waals surface area contributed by atoms with Crippen LogP contribution >= 0.6 is 0 Å². The van der Waals surface area contributed by atoms with Gasteiger partial charge in [-0.25, -0.2) is 4.98 Å². The van der Waals surface area contributed by atoms with E-state index in [-0.39, 0.29) is 0 Å². The maximum Gasteiger partial charge on any atom is 0.157 e. The molecule has 0 unspecified atom stereocenters. The summed E-state index contributed by atoms with van der Waals surface area (Å²) in [5, 5.41) is 3.44. The highest BCUT2D eigenvalue weighted by Gasteiger charge is 2.17. The molecule has 4 rings (SSSR count).